The minimum atomic E-state index is 0.559. The lowest BCUT2D eigenvalue weighted by Gasteiger charge is -2.34. The molecule has 0 spiro atoms. The molecule has 15 heavy (non-hydrogen) atoms. The third kappa shape index (κ3) is 1.91. The smallest absolute Gasteiger partial charge is 0.0305 e. The van der Waals surface area contributed by atoms with Crippen LogP contribution in [-0.2, 0) is 6.42 Å². The van der Waals surface area contributed by atoms with Gasteiger partial charge in [-0.05, 0) is 54.3 Å². The molecule has 0 aliphatic heterocycles. The van der Waals surface area contributed by atoms with E-state index in [1.807, 2.05) is 12.4 Å². The second-order valence-corrected chi connectivity index (χ2v) is 4.83. The van der Waals surface area contributed by atoms with Crippen LogP contribution < -0.4 is 5.73 Å². The first kappa shape index (κ1) is 10.6. The SMILES string of the molecule is CC(CN)C1c2cnccc2CCC1C. The molecule has 3 atom stereocenters. The monoisotopic (exact) mass is 204 g/mol. The van der Waals surface area contributed by atoms with Crippen molar-refractivity contribution in [1.82, 2.24) is 4.98 Å². The molecule has 0 bridgehead atoms. The normalized spacial score (nSPS) is 27.1. The van der Waals surface area contributed by atoms with E-state index in [-0.39, 0.29) is 0 Å². The molecule has 2 rings (SSSR count). The molecule has 1 aromatic heterocycles. The van der Waals surface area contributed by atoms with Gasteiger partial charge in [0.15, 0.2) is 0 Å². The quantitative estimate of drug-likeness (QED) is 0.803. The molecule has 0 amide bonds. The lowest BCUT2D eigenvalue weighted by Crippen LogP contribution is -2.28. The highest BCUT2D eigenvalue weighted by Gasteiger charge is 2.30. The molecule has 2 nitrogen and oxygen atoms in total. The molecule has 1 aliphatic rings. The van der Waals surface area contributed by atoms with Crippen LogP contribution in [0.25, 0.3) is 0 Å². The number of nitrogens with two attached hydrogens (primary N) is 1. The minimum absolute atomic E-state index is 0.559. The van der Waals surface area contributed by atoms with Gasteiger partial charge in [-0.2, -0.15) is 0 Å². The van der Waals surface area contributed by atoms with Crippen molar-refractivity contribution < 1.29 is 0 Å². The van der Waals surface area contributed by atoms with Gasteiger partial charge in [-0.15, -0.1) is 0 Å². The van der Waals surface area contributed by atoms with Crippen molar-refractivity contribution in [3.05, 3.63) is 29.6 Å². The summed E-state index contributed by atoms with van der Waals surface area (Å²) in [5, 5.41) is 0. The second kappa shape index (κ2) is 4.31. The fourth-order valence-electron chi connectivity index (χ4n) is 2.85. The first-order valence-electron chi connectivity index (χ1n) is 5.87. The van der Waals surface area contributed by atoms with Crippen LogP contribution in [0, 0.1) is 11.8 Å². The van der Waals surface area contributed by atoms with Crippen molar-refractivity contribution in [3.8, 4) is 0 Å². The number of hydrogen-bond acceptors (Lipinski definition) is 2. The molecule has 1 aliphatic carbocycles. The highest BCUT2D eigenvalue weighted by atomic mass is 14.6. The maximum absolute atomic E-state index is 5.80. The van der Waals surface area contributed by atoms with E-state index in [1.165, 1.54) is 24.0 Å². The maximum Gasteiger partial charge on any atom is 0.0305 e. The predicted molar refractivity (Wildman–Crippen MR) is 62.7 cm³/mol. The summed E-state index contributed by atoms with van der Waals surface area (Å²) in [7, 11) is 0. The summed E-state index contributed by atoms with van der Waals surface area (Å²) in [6, 6.07) is 2.16. The molecule has 0 saturated carbocycles. The summed E-state index contributed by atoms with van der Waals surface area (Å²) in [6.45, 7) is 5.36. The van der Waals surface area contributed by atoms with Gasteiger partial charge in [-0.25, -0.2) is 0 Å². The van der Waals surface area contributed by atoms with Crippen LogP contribution >= 0.6 is 0 Å². The highest BCUT2D eigenvalue weighted by Crippen LogP contribution is 2.39. The van der Waals surface area contributed by atoms with E-state index in [0.29, 0.717) is 11.8 Å². The number of nitrogens with zero attached hydrogens (tertiary/aromatic N) is 1. The van der Waals surface area contributed by atoms with Crippen LogP contribution in [0.1, 0.15) is 37.3 Å². The van der Waals surface area contributed by atoms with Gasteiger partial charge in [0.25, 0.3) is 0 Å². The van der Waals surface area contributed by atoms with Crippen molar-refractivity contribution in [2.24, 2.45) is 17.6 Å². The molecular weight excluding hydrogens is 184 g/mol. The Hall–Kier alpha value is -0.890. The fourth-order valence-corrected chi connectivity index (χ4v) is 2.85. The second-order valence-electron chi connectivity index (χ2n) is 4.83. The van der Waals surface area contributed by atoms with Gasteiger partial charge in [-0.3, -0.25) is 4.98 Å². The summed E-state index contributed by atoms with van der Waals surface area (Å²) < 4.78 is 0. The number of aryl methyl sites for hydroxylation is 1. The van der Waals surface area contributed by atoms with Crippen molar-refractivity contribution in [3.63, 3.8) is 0 Å². The Morgan fingerprint density at radius 1 is 1.60 bits per heavy atom. The maximum atomic E-state index is 5.80. The molecular formula is C13H20N2. The van der Waals surface area contributed by atoms with Crippen LogP contribution in [-0.4, -0.2) is 11.5 Å². The summed E-state index contributed by atoms with van der Waals surface area (Å²) in [5.74, 6) is 1.90. The first-order valence-corrected chi connectivity index (χ1v) is 5.87. The molecule has 2 N–H and O–H groups in total. The number of pyridine rings is 1. The lowest BCUT2D eigenvalue weighted by molar-refractivity contribution is 0.315. The summed E-state index contributed by atoms with van der Waals surface area (Å²) in [6.07, 6.45) is 6.43. The largest absolute Gasteiger partial charge is 0.330 e. The highest BCUT2D eigenvalue weighted by molar-refractivity contribution is 5.30. The Balaban J connectivity index is 2.37. The van der Waals surface area contributed by atoms with E-state index in [4.69, 9.17) is 5.73 Å². The van der Waals surface area contributed by atoms with Gasteiger partial charge >= 0.3 is 0 Å². The fraction of sp³-hybridized carbons (Fsp3) is 0.615. The van der Waals surface area contributed by atoms with Crippen molar-refractivity contribution >= 4 is 0 Å². The Morgan fingerprint density at radius 2 is 2.40 bits per heavy atom. The van der Waals surface area contributed by atoms with Gasteiger partial charge in [0, 0.05) is 12.4 Å². The van der Waals surface area contributed by atoms with E-state index in [1.54, 1.807) is 0 Å². The van der Waals surface area contributed by atoms with Gasteiger partial charge < -0.3 is 5.73 Å². The lowest BCUT2D eigenvalue weighted by atomic mass is 9.71. The van der Waals surface area contributed by atoms with Crippen molar-refractivity contribution in [2.45, 2.75) is 32.6 Å². The molecule has 3 unspecified atom stereocenters. The Labute approximate surface area is 91.9 Å². The zero-order valence-corrected chi connectivity index (χ0v) is 9.61. The Kier molecular flexibility index (Phi) is 3.06. The van der Waals surface area contributed by atoms with E-state index in [2.05, 4.69) is 24.9 Å². The standard InChI is InChI=1S/C13H20N2/c1-9-3-4-11-5-6-15-8-12(11)13(9)10(2)7-14/h5-6,8-10,13H,3-4,7,14H2,1-2H3. The molecule has 1 aromatic rings. The molecule has 82 valence electrons. The van der Waals surface area contributed by atoms with Gasteiger partial charge in [0.05, 0.1) is 0 Å². The van der Waals surface area contributed by atoms with Crippen LogP contribution in [0.4, 0.5) is 0 Å². The molecule has 0 radical (unpaired) electrons. The molecule has 0 fully saturated rings. The van der Waals surface area contributed by atoms with E-state index in [9.17, 15) is 0 Å². The molecule has 0 aromatic carbocycles. The van der Waals surface area contributed by atoms with E-state index >= 15 is 0 Å². The number of hydrogen-bond donors (Lipinski definition) is 1. The molecule has 2 heteroatoms. The Bertz CT molecular complexity index is 335. The molecule has 0 saturated heterocycles. The van der Waals surface area contributed by atoms with Crippen molar-refractivity contribution in [2.75, 3.05) is 6.54 Å². The summed E-state index contributed by atoms with van der Waals surface area (Å²) in [5.41, 5.74) is 8.72. The average molecular weight is 204 g/mol. The third-order valence-electron chi connectivity index (χ3n) is 3.77. The molecule has 1 heterocycles. The third-order valence-corrected chi connectivity index (χ3v) is 3.77. The van der Waals surface area contributed by atoms with Crippen LogP contribution in [0.5, 0.6) is 0 Å². The number of fused-ring (bicyclic) bond motifs is 1. The zero-order valence-electron chi connectivity index (χ0n) is 9.61. The Morgan fingerprint density at radius 3 is 3.13 bits per heavy atom. The van der Waals surface area contributed by atoms with Gasteiger partial charge in [0.2, 0.25) is 0 Å². The van der Waals surface area contributed by atoms with Crippen LogP contribution in [0.15, 0.2) is 18.5 Å². The number of aromatic nitrogens is 1. The van der Waals surface area contributed by atoms with E-state index in [0.717, 1.165) is 12.5 Å². The van der Waals surface area contributed by atoms with Gasteiger partial charge in [-0.1, -0.05) is 13.8 Å². The van der Waals surface area contributed by atoms with Crippen LogP contribution in [0.3, 0.4) is 0 Å². The average Bonchev–Trinajstić information content (AvgIpc) is 2.28. The predicted octanol–water partition coefficient (Wildman–Crippen LogP) is 2.34. The minimum Gasteiger partial charge on any atom is -0.330 e. The van der Waals surface area contributed by atoms with Crippen molar-refractivity contribution in [1.29, 1.82) is 0 Å². The summed E-state index contributed by atoms with van der Waals surface area (Å²) in [4.78, 5) is 4.26. The topological polar surface area (TPSA) is 38.9 Å². The number of rotatable bonds is 2. The van der Waals surface area contributed by atoms with E-state index < -0.39 is 0 Å². The summed E-state index contributed by atoms with van der Waals surface area (Å²) >= 11 is 0. The first-order chi connectivity index (χ1) is 7.24. The zero-order chi connectivity index (χ0) is 10.8. The van der Waals surface area contributed by atoms with Crippen LogP contribution in [0.2, 0.25) is 0 Å². The van der Waals surface area contributed by atoms with Gasteiger partial charge in [0.1, 0.15) is 0 Å².